The Morgan fingerprint density at radius 3 is 3.00 bits per heavy atom. The van der Waals surface area contributed by atoms with E-state index in [9.17, 15) is 9.18 Å². The maximum atomic E-state index is 13.4. The molecule has 0 N–H and O–H groups in total. The Balaban J connectivity index is 2.15. The zero-order chi connectivity index (χ0) is 12.3. The number of amides is 1. The number of terminal acetylenes is 1. The Bertz CT molecular complexity index is 463. The van der Waals surface area contributed by atoms with Crippen molar-refractivity contribution in [2.24, 2.45) is 5.92 Å². The third kappa shape index (κ3) is 2.82. The molecule has 3 nitrogen and oxygen atoms in total. The molecule has 0 bridgehead atoms. The summed E-state index contributed by atoms with van der Waals surface area (Å²) < 4.78 is 13.4. The zero-order valence-electron chi connectivity index (χ0n) is 9.40. The lowest BCUT2D eigenvalue weighted by molar-refractivity contribution is 0.0765. The quantitative estimate of drug-likeness (QED) is 0.740. The SMILES string of the molecule is C#CCN(CC1CC1)C(=O)c1ccncc1F. The molecule has 0 spiro atoms. The van der Waals surface area contributed by atoms with E-state index in [2.05, 4.69) is 10.9 Å². The lowest BCUT2D eigenvalue weighted by Crippen LogP contribution is -2.33. The molecule has 17 heavy (non-hydrogen) atoms. The van der Waals surface area contributed by atoms with Gasteiger partial charge in [0.25, 0.3) is 5.91 Å². The second kappa shape index (κ2) is 4.96. The Morgan fingerprint density at radius 2 is 2.41 bits per heavy atom. The molecular formula is C13H13FN2O. The van der Waals surface area contributed by atoms with Crippen molar-refractivity contribution in [1.29, 1.82) is 0 Å². The van der Waals surface area contributed by atoms with Gasteiger partial charge in [0.05, 0.1) is 18.3 Å². The van der Waals surface area contributed by atoms with Gasteiger partial charge in [-0.15, -0.1) is 6.42 Å². The predicted molar refractivity (Wildman–Crippen MR) is 61.7 cm³/mol. The Kier molecular flexibility index (Phi) is 3.38. The van der Waals surface area contributed by atoms with Gasteiger partial charge in [0.1, 0.15) is 0 Å². The van der Waals surface area contributed by atoms with Crippen LogP contribution < -0.4 is 0 Å². The molecule has 2 rings (SSSR count). The van der Waals surface area contributed by atoms with Gasteiger partial charge in [-0.3, -0.25) is 9.78 Å². The molecule has 4 heteroatoms. The van der Waals surface area contributed by atoms with Crippen molar-refractivity contribution in [3.63, 3.8) is 0 Å². The summed E-state index contributed by atoms with van der Waals surface area (Å²) in [5, 5.41) is 0. The van der Waals surface area contributed by atoms with Crippen molar-refractivity contribution in [1.82, 2.24) is 9.88 Å². The Morgan fingerprint density at radius 1 is 1.65 bits per heavy atom. The van der Waals surface area contributed by atoms with Gasteiger partial charge in [-0.25, -0.2) is 4.39 Å². The summed E-state index contributed by atoms with van der Waals surface area (Å²) in [6.07, 6.45) is 9.91. The minimum atomic E-state index is -0.602. The zero-order valence-corrected chi connectivity index (χ0v) is 9.40. The van der Waals surface area contributed by atoms with Crippen molar-refractivity contribution < 1.29 is 9.18 Å². The minimum Gasteiger partial charge on any atom is -0.327 e. The summed E-state index contributed by atoms with van der Waals surface area (Å²) in [4.78, 5) is 17.2. The van der Waals surface area contributed by atoms with Crippen LogP contribution in [0.5, 0.6) is 0 Å². The fourth-order valence-electron chi connectivity index (χ4n) is 1.66. The van der Waals surface area contributed by atoms with Crippen LogP contribution in [0, 0.1) is 24.1 Å². The molecule has 1 aromatic heterocycles. The number of carbonyl (C=O) groups excluding carboxylic acids is 1. The molecule has 0 atom stereocenters. The molecule has 0 radical (unpaired) electrons. The number of hydrogen-bond acceptors (Lipinski definition) is 2. The van der Waals surface area contributed by atoms with Gasteiger partial charge in [0, 0.05) is 12.7 Å². The average molecular weight is 232 g/mol. The number of pyridine rings is 1. The van der Waals surface area contributed by atoms with Crippen LogP contribution in [0.25, 0.3) is 0 Å². The topological polar surface area (TPSA) is 33.2 Å². The largest absolute Gasteiger partial charge is 0.327 e. The molecule has 1 fully saturated rings. The molecule has 1 aliphatic rings. The number of aromatic nitrogens is 1. The summed E-state index contributed by atoms with van der Waals surface area (Å²) in [5.74, 6) is 2.01. The smallest absolute Gasteiger partial charge is 0.257 e. The van der Waals surface area contributed by atoms with Crippen molar-refractivity contribution in [3.05, 3.63) is 29.8 Å². The minimum absolute atomic E-state index is 0.0379. The number of hydrogen-bond donors (Lipinski definition) is 0. The maximum Gasteiger partial charge on any atom is 0.257 e. The summed E-state index contributed by atoms with van der Waals surface area (Å²) in [5.41, 5.74) is 0.0379. The lowest BCUT2D eigenvalue weighted by Gasteiger charge is -2.20. The van der Waals surface area contributed by atoms with E-state index in [1.54, 1.807) is 0 Å². The molecule has 0 aliphatic heterocycles. The fraction of sp³-hybridized carbons (Fsp3) is 0.385. The van der Waals surface area contributed by atoms with Crippen LogP contribution in [-0.4, -0.2) is 28.9 Å². The van der Waals surface area contributed by atoms with Crippen LogP contribution in [0.2, 0.25) is 0 Å². The number of halogens is 1. The van der Waals surface area contributed by atoms with Crippen LogP contribution in [0.1, 0.15) is 23.2 Å². The van der Waals surface area contributed by atoms with Crippen molar-refractivity contribution >= 4 is 5.91 Å². The second-order valence-corrected chi connectivity index (χ2v) is 4.19. The van der Waals surface area contributed by atoms with E-state index in [1.165, 1.54) is 17.2 Å². The van der Waals surface area contributed by atoms with Crippen molar-refractivity contribution in [2.75, 3.05) is 13.1 Å². The van der Waals surface area contributed by atoms with Crippen LogP contribution in [0.3, 0.4) is 0 Å². The van der Waals surface area contributed by atoms with Gasteiger partial charge in [-0.1, -0.05) is 5.92 Å². The summed E-state index contributed by atoms with van der Waals surface area (Å²) >= 11 is 0. The number of nitrogens with zero attached hydrogens (tertiary/aromatic N) is 2. The second-order valence-electron chi connectivity index (χ2n) is 4.19. The van der Waals surface area contributed by atoms with Gasteiger partial charge in [0.2, 0.25) is 0 Å². The molecule has 1 saturated carbocycles. The van der Waals surface area contributed by atoms with E-state index in [0.29, 0.717) is 12.5 Å². The van der Waals surface area contributed by atoms with Crippen LogP contribution in [-0.2, 0) is 0 Å². The highest BCUT2D eigenvalue weighted by Gasteiger charge is 2.27. The van der Waals surface area contributed by atoms with Crippen LogP contribution >= 0.6 is 0 Å². The first-order valence-electron chi connectivity index (χ1n) is 5.54. The number of rotatable bonds is 4. The van der Waals surface area contributed by atoms with Gasteiger partial charge >= 0.3 is 0 Å². The van der Waals surface area contributed by atoms with Crippen molar-refractivity contribution in [2.45, 2.75) is 12.8 Å². The molecule has 1 aliphatic carbocycles. The molecule has 0 aromatic carbocycles. The summed E-state index contributed by atoms with van der Waals surface area (Å²) in [6, 6.07) is 1.38. The van der Waals surface area contributed by atoms with E-state index in [4.69, 9.17) is 6.42 Å². The molecule has 1 amide bonds. The molecular weight excluding hydrogens is 219 g/mol. The molecule has 88 valence electrons. The Hall–Kier alpha value is -1.89. The summed E-state index contributed by atoms with van der Waals surface area (Å²) in [6.45, 7) is 0.835. The molecule has 1 heterocycles. The first kappa shape index (κ1) is 11.6. The summed E-state index contributed by atoms with van der Waals surface area (Å²) in [7, 11) is 0. The average Bonchev–Trinajstić information content (AvgIpc) is 3.12. The first-order valence-corrected chi connectivity index (χ1v) is 5.54. The standard InChI is InChI=1S/C13H13FN2O/c1-2-7-16(9-10-3-4-10)13(17)11-5-6-15-8-12(11)14/h1,5-6,8,10H,3-4,7,9H2. The highest BCUT2D eigenvalue weighted by Crippen LogP contribution is 2.30. The van der Waals surface area contributed by atoms with Gasteiger partial charge in [-0.05, 0) is 24.8 Å². The predicted octanol–water partition coefficient (Wildman–Crippen LogP) is 1.71. The fourth-order valence-corrected chi connectivity index (χ4v) is 1.66. The monoisotopic (exact) mass is 232 g/mol. The normalized spacial score (nSPS) is 14.1. The van der Waals surface area contributed by atoms with Gasteiger partial charge in [0.15, 0.2) is 5.82 Å². The van der Waals surface area contributed by atoms with Gasteiger partial charge < -0.3 is 4.90 Å². The van der Waals surface area contributed by atoms with E-state index in [-0.39, 0.29) is 18.0 Å². The third-order valence-corrected chi connectivity index (χ3v) is 2.75. The van der Waals surface area contributed by atoms with Gasteiger partial charge in [-0.2, -0.15) is 0 Å². The maximum absolute atomic E-state index is 13.4. The number of carbonyl (C=O) groups is 1. The third-order valence-electron chi connectivity index (χ3n) is 2.75. The van der Waals surface area contributed by atoms with E-state index in [0.717, 1.165) is 19.0 Å². The van der Waals surface area contributed by atoms with E-state index >= 15 is 0 Å². The molecule has 0 unspecified atom stereocenters. The highest BCUT2D eigenvalue weighted by molar-refractivity contribution is 5.94. The lowest BCUT2D eigenvalue weighted by atomic mass is 10.2. The Labute approximate surface area is 99.7 Å². The van der Waals surface area contributed by atoms with E-state index in [1.807, 2.05) is 0 Å². The first-order chi connectivity index (χ1) is 8.22. The highest BCUT2D eigenvalue weighted by atomic mass is 19.1. The van der Waals surface area contributed by atoms with Crippen LogP contribution in [0.15, 0.2) is 18.5 Å². The van der Waals surface area contributed by atoms with Crippen molar-refractivity contribution in [3.8, 4) is 12.3 Å². The molecule has 0 saturated heterocycles. The molecule has 1 aromatic rings. The van der Waals surface area contributed by atoms with E-state index < -0.39 is 5.82 Å². The van der Waals surface area contributed by atoms with Crippen LogP contribution in [0.4, 0.5) is 4.39 Å².